The monoisotopic (exact) mass is 809 g/mol. The normalized spacial score (nSPS) is 11.3. The number of ether oxygens (including phenoxy) is 3. The fourth-order valence-corrected chi connectivity index (χ4v) is 6.23. The average Bonchev–Trinajstić information content (AvgIpc) is 3.16. The molecule has 2 amide bonds. The van der Waals surface area contributed by atoms with Gasteiger partial charge >= 0.3 is 0 Å². The third-order valence-electron chi connectivity index (χ3n) is 9.28. The molecule has 0 aliphatic rings. The van der Waals surface area contributed by atoms with Crippen LogP contribution in [0.25, 0.3) is 21.9 Å². The Bertz CT molecular complexity index is 1910. The van der Waals surface area contributed by atoms with Crippen LogP contribution in [0.4, 0.5) is 0 Å². The van der Waals surface area contributed by atoms with Gasteiger partial charge in [0.1, 0.15) is 28.1 Å². The fourth-order valence-electron chi connectivity index (χ4n) is 6.23. The number of hydrogen-bond acceptors (Lipinski definition) is 12. The van der Waals surface area contributed by atoms with E-state index < -0.39 is 5.43 Å². The summed E-state index contributed by atoms with van der Waals surface area (Å²) in [4.78, 5) is 44.4. The van der Waals surface area contributed by atoms with E-state index in [1.807, 2.05) is 68.0 Å². The number of methoxy groups -OCH3 is 1. The number of hydrogen-bond donors (Lipinski definition) is 5. The summed E-state index contributed by atoms with van der Waals surface area (Å²) in [6.07, 6.45) is 8.06. The Morgan fingerprint density at radius 3 is 1.66 bits per heavy atom. The lowest BCUT2D eigenvalue weighted by Crippen LogP contribution is -2.31. The van der Waals surface area contributed by atoms with E-state index in [4.69, 9.17) is 18.6 Å². The van der Waals surface area contributed by atoms with Gasteiger partial charge in [0.05, 0.1) is 12.5 Å². The first-order valence-electron chi connectivity index (χ1n) is 20.3. The molecule has 0 saturated carbocycles. The van der Waals surface area contributed by atoms with Crippen molar-refractivity contribution in [3.8, 4) is 23.0 Å². The summed E-state index contributed by atoms with van der Waals surface area (Å²) in [7, 11) is 9.67. The number of nitrogens with zero attached hydrogens (tertiary/aromatic N) is 2. The number of phenols is 1. The number of carbonyl (C=O) groups is 2. The second kappa shape index (κ2) is 25.0. The van der Waals surface area contributed by atoms with E-state index in [1.54, 1.807) is 6.07 Å². The van der Waals surface area contributed by atoms with Crippen LogP contribution in [0.15, 0.2) is 44.6 Å². The van der Waals surface area contributed by atoms with Gasteiger partial charge in [0.25, 0.3) is 11.8 Å². The number of allylic oxidation sites excluding steroid dienone is 4. The minimum Gasteiger partial charge on any atom is -0.507 e. The summed E-state index contributed by atoms with van der Waals surface area (Å²) in [5, 5.41) is 24.5. The van der Waals surface area contributed by atoms with Crippen molar-refractivity contribution < 1.29 is 33.3 Å². The van der Waals surface area contributed by atoms with Crippen molar-refractivity contribution in [3.05, 3.63) is 56.8 Å². The number of benzene rings is 2. The number of phenolic OH excluding ortho intramolecular Hbond substituents is 1. The van der Waals surface area contributed by atoms with Crippen LogP contribution in [-0.2, 0) is 22.4 Å². The van der Waals surface area contributed by atoms with Gasteiger partial charge in [-0.1, -0.05) is 23.3 Å². The molecule has 322 valence electrons. The van der Waals surface area contributed by atoms with Crippen LogP contribution in [0, 0.1) is 0 Å². The van der Waals surface area contributed by atoms with E-state index in [1.165, 1.54) is 13.2 Å². The number of nitrogens with one attached hydrogen (secondary N) is 4. The highest BCUT2D eigenvalue weighted by molar-refractivity contribution is 5.98. The number of amides is 2. The van der Waals surface area contributed by atoms with Crippen LogP contribution in [0.5, 0.6) is 23.0 Å². The predicted octanol–water partition coefficient (Wildman–Crippen LogP) is 4.53. The maximum atomic E-state index is 14.5. The van der Waals surface area contributed by atoms with Crippen LogP contribution in [0.3, 0.4) is 0 Å². The van der Waals surface area contributed by atoms with Crippen molar-refractivity contribution in [1.82, 2.24) is 31.1 Å². The molecule has 1 heterocycles. The quantitative estimate of drug-likeness (QED) is 0.0416. The van der Waals surface area contributed by atoms with Crippen molar-refractivity contribution in [3.63, 3.8) is 0 Å². The molecule has 2 aromatic carbocycles. The smallest absolute Gasteiger partial charge is 0.257 e. The summed E-state index contributed by atoms with van der Waals surface area (Å²) in [5.74, 6) is -0.149. The molecule has 58 heavy (non-hydrogen) atoms. The van der Waals surface area contributed by atoms with Gasteiger partial charge < -0.3 is 54.8 Å². The van der Waals surface area contributed by atoms with Crippen LogP contribution < -0.4 is 40.9 Å². The zero-order valence-corrected chi connectivity index (χ0v) is 36.3. The lowest BCUT2D eigenvalue weighted by molar-refractivity contribution is -0.123. The molecule has 5 N–H and O–H groups in total. The van der Waals surface area contributed by atoms with Gasteiger partial charge in [-0.2, -0.15) is 0 Å². The first-order chi connectivity index (χ1) is 27.7. The largest absolute Gasteiger partial charge is 0.507 e. The fraction of sp³-hybridized carbons (Fsp3) is 0.568. The van der Waals surface area contributed by atoms with Crippen LogP contribution in [0.1, 0.15) is 64.5 Å². The molecule has 14 nitrogen and oxygen atoms in total. The van der Waals surface area contributed by atoms with Crippen molar-refractivity contribution in [2.45, 2.75) is 66.2 Å². The second-order valence-corrected chi connectivity index (χ2v) is 15.5. The molecule has 1 aromatic heterocycles. The van der Waals surface area contributed by atoms with Crippen molar-refractivity contribution in [2.24, 2.45) is 0 Å². The van der Waals surface area contributed by atoms with E-state index in [-0.39, 0.29) is 70.6 Å². The van der Waals surface area contributed by atoms with E-state index >= 15 is 0 Å². The lowest BCUT2D eigenvalue weighted by Gasteiger charge is -2.18. The van der Waals surface area contributed by atoms with E-state index in [9.17, 15) is 19.5 Å². The minimum absolute atomic E-state index is 0.0136. The Labute approximate surface area is 344 Å². The highest BCUT2D eigenvalue weighted by Gasteiger charge is 2.25. The van der Waals surface area contributed by atoms with Crippen LogP contribution in [0.2, 0.25) is 0 Å². The minimum atomic E-state index is -0.457. The predicted molar refractivity (Wildman–Crippen MR) is 233 cm³/mol. The van der Waals surface area contributed by atoms with Crippen LogP contribution >= 0.6 is 0 Å². The topological polar surface area (TPSA) is 167 Å². The number of carbonyl (C=O) groups excluding carboxylic acids is 2. The van der Waals surface area contributed by atoms with Gasteiger partial charge in [0, 0.05) is 36.3 Å². The Morgan fingerprint density at radius 2 is 1.16 bits per heavy atom. The second-order valence-electron chi connectivity index (χ2n) is 15.5. The molecule has 0 radical (unpaired) electrons. The molecular formula is C44H68N6O8. The standard InChI is InChI=1S/C44H68N6O8/c1-30(2)14-16-32-34(56-28-38(51)47-22-10-18-45-20-12-24-49(5)6)26-36-41(42(32)53)43(54)40-33(17-15-31(3)4)44(55-9)37(27-35(40)58-36)57-29-39(52)48-23-11-19-46-21-13-25-50(7)8/h14-15,26-27,45-46,53H,10-13,16-25,28-29H2,1-9H3,(H,47,51)(H,48,52). The van der Waals surface area contributed by atoms with Gasteiger partial charge in [0.2, 0.25) is 5.43 Å². The molecule has 3 rings (SSSR count). The Balaban J connectivity index is 1.89. The molecule has 0 bridgehead atoms. The summed E-state index contributed by atoms with van der Waals surface area (Å²) >= 11 is 0. The van der Waals surface area contributed by atoms with Crippen molar-refractivity contribution >= 4 is 33.8 Å². The average molecular weight is 809 g/mol. The molecule has 0 spiro atoms. The highest BCUT2D eigenvalue weighted by atomic mass is 16.5. The lowest BCUT2D eigenvalue weighted by atomic mass is 9.98. The zero-order valence-electron chi connectivity index (χ0n) is 36.3. The molecule has 0 saturated heterocycles. The third-order valence-corrected chi connectivity index (χ3v) is 9.28. The molecule has 3 aromatic rings. The summed E-state index contributed by atoms with van der Waals surface area (Å²) in [6.45, 7) is 13.6. The van der Waals surface area contributed by atoms with Crippen LogP contribution in [-0.4, -0.2) is 128 Å². The molecule has 0 aliphatic heterocycles. The van der Waals surface area contributed by atoms with Gasteiger partial charge in [0.15, 0.2) is 24.7 Å². The third kappa shape index (κ3) is 15.6. The number of aromatic hydroxyl groups is 1. The van der Waals surface area contributed by atoms with E-state index in [2.05, 4.69) is 31.1 Å². The van der Waals surface area contributed by atoms with E-state index in [0.717, 1.165) is 76.1 Å². The van der Waals surface area contributed by atoms with Crippen molar-refractivity contribution in [1.29, 1.82) is 0 Å². The summed E-state index contributed by atoms with van der Waals surface area (Å²) in [6, 6.07) is 3.07. The van der Waals surface area contributed by atoms with Gasteiger partial charge in [-0.15, -0.1) is 0 Å². The Hall–Kier alpha value is -4.63. The van der Waals surface area contributed by atoms with Gasteiger partial charge in [-0.25, -0.2) is 0 Å². The van der Waals surface area contributed by atoms with E-state index in [0.29, 0.717) is 36.4 Å². The molecule has 0 aliphatic carbocycles. The number of fused-ring (bicyclic) bond motifs is 2. The maximum Gasteiger partial charge on any atom is 0.257 e. The molecule has 0 fully saturated rings. The molecule has 14 heteroatoms. The molecule has 0 atom stereocenters. The van der Waals surface area contributed by atoms with Gasteiger partial charge in [-0.05, 0) is 134 Å². The van der Waals surface area contributed by atoms with Crippen molar-refractivity contribution in [2.75, 3.05) is 101 Å². The first kappa shape index (κ1) is 47.7. The Morgan fingerprint density at radius 1 is 0.690 bits per heavy atom. The van der Waals surface area contributed by atoms with Gasteiger partial charge in [-0.3, -0.25) is 14.4 Å². The first-order valence-corrected chi connectivity index (χ1v) is 20.3. The zero-order chi connectivity index (χ0) is 42.6. The number of rotatable bonds is 27. The Kier molecular flexibility index (Phi) is 20.6. The SMILES string of the molecule is COc1c(OCC(=O)NCCCNCCCN(C)C)cc2oc3cc(OCC(=O)NCCCNCCCN(C)C)c(CC=C(C)C)c(O)c3c(=O)c2c1CC=C(C)C. The molecule has 0 unspecified atom stereocenters. The highest BCUT2D eigenvalue weighted by Crippen LogP contribution is 2.41. The molecular weight excluding hydrogens is 741 g/mol. The maximum absolute atomic E-state index is 14.5. The summed E-state index contributed by atoms with van der Waals surface area (Å²) < 4.78 is 24.2. The summed E-state index contributed by atoms with van der Waals surface area (Å²) in [5.41, 5.74) is 2.68.